The van der Waals surface area contributed by atoms with Crippen LogP contribution in [0.5, 0.6) is 5.75 Å². The van der Waals surface area contributed by atoms with E-state index in [1.807, 2.05) is 19.1 Å². The molecule has 26 heavy (non-hydrogen) atoms. The Balaban J connectivity index is 1.69. The van der Waals surface area contributed by atoms with Gasteiger partial charge in [-0.15, -0.1) is 0 Å². The third-order valence-electron chi connectivity index (χ3n) is 4.47. The first kappa shape index (κ1) is 20.0. The minimum atomic E-state index is 0.0640. The maximum absolute atomic E-state index is 12.0. The number of carbonyl (C=O) groups is 1. The number of rotatable bonds is 7. The van der Waals surface area contributed by atoms with Crippen molar-refractivity contribution in [3.8, 4) is 5.75 Å². The summed E-state index contributed by atoms with van der Waals surface area (Å²) in [5.74, 6) is 0.943. The van der Waals surface area contributed by atoms with E-state index >= 15 is 0 Å². The van der Waals surface area contributed by atoms with E-state index in [2.05, 4.69) is 63.3 Å². The minimum Gasteiger partial charge on any atom is -0.491 e. The van der Waals surface area contributed by atoms with Crippen LogP contribution in [0.1, 0.15) is 49.4 Å². The second kappa shape index (κ2) is 8.88. The Bertz CT molecular complexity index is 727. The number of hydrogen-bond acceptors (Lipinski definition) is 2. The van der Waals surface area contributed by atoms with Gasteiger partial charge in [0, 0.05) is 6.42 Å². The molecule has 3 nitrogen and oxygen atoms in total. The van der Waals surface area contributed by atoms with E-state index in [0.29, 0.717) is 19.6 Å². The monoisotopic (exact) mass is 353 g/mol. The van der Waals surface area contributed by atoms with Gasteiger partial charge in [0.25, 0.3) is 0 Å². The molecule has 0 fully saturated rings. The molecule has 0 heterocycles. The van der Waals surface area contributed by atoms with Crippen LogP contribution in [0.2, 0.25) is 0 Å². The Kier molecular flexibility index (Phi) is 6.84. The Labute approximate surface area is 157 Å². The Morgan fingerprint density at radius 1 is 1.04 bits per heavy atom. The lowest BCUT2D eigenvalue weighted by Gasteiger charge is -2.19. The van der Waals surface area contributed by atoms with E-state index in [0.717, 1.165) is 17.7 Å². The van der Waals surface area contributed by atoms with E-state index in [1.165, 1.54) is 16.7 Å². The molecule has 0 radical (unpaired) electrons. The quantitative estimate of drug-likeness (QED) is 0.731. The minimum absolute atomic E-state index is 0.0640. The third kappa shape index (κ3) is 6.21. The van der Waals surface area contributed by atoms with Crippen molar-refractivity contribution < 1.29 is 9.53 Å². The van der Waals surface area contributed by atoms with Crippen LogP contribution in [0, 0.1) is 13.8 Å². The lowest BCUT2D eigenvalue weighted by atomic mass is 9.86. The smallest absolute Gasteiger partial charge is 0.220 e. The lowest BCUT2D eigenvalue weighted by molar-refractivity contribution is -0.121. The molecule has 0 bridgehead atoms. The van der Waals surface area contributed by atoms with Gasteiger partial charge in [-0.05, 0) is 48.4 Å². The Morgan fingerprint density at radius 2 is 1.73 bits per heavy atom. The van der Waals surface area contributed by atoms with Gasteiger partial charge in [-0.1, -0.05) is 62.7 Å². The van der Waals surface area contributed by atoms with Gasteiger partial charge in [0.1, 0.15) is 12.4 Å². The van der Waals surface area contributed by atoms with E-state index < -0.39 is 0 Å². The number of hydrogen-bond donors (Lipinski definition) is 1. The molecule has 0 aliphatic carbocycles. The molecule has 1 N–H and O–H groups in total. The summed E-state index contributed by atoms with van der Waals surface area (Å²) in [4.78, 5) is 12.0. The van der Waals surface area contributed by atoms with Crippen LogP contribution in [0.3, 0.4) is 0 Å². The molecule has 0 saturated heterocycles. The van der Waals surface area contributed by atoms with Crippen molar-refractivity contribution in [2.24, 2.45) is 0 Å². The van der Waals surface area contributed by atoms with Crippen molar-refractivity contribution in [1.29, 1.82) is 0 Å². The molecule has 1 amide bonds. The zero-order valence-electron chi connectivity index (χ0n) is 16.7. The fraction of sp³-hybridized carbons (Fsp3) is 0.435. The maximum Gasteiger partial charge on any atom is 0.220 e. The Hall–Kier alpha value is -2.29. The van der Waals surface area contributed by atoms with Gasteiger partial charge in [0.2, 0.25) is 5.91 Å². The second-order valence-electron chi connectivity index (χ2n) is 7.91. The fourth-order valence-corrected chi connectivity index (χ4v) is 2.83. The first-order valence-corrected chi connectivity index (χ1v) is 9.32. The maximum atomic E-state index is 12.0. The standard InChI is InChI=1S/C23H31NO2/c1-17-6-12-21(18(2)16-17)26-15-14-24-22(25)13-9-19-7-10-20(11-8-19)23(3,4)5/h6-8,10-12,16H,9,13-15H2,1-5H3,(H,24,25). The lowest BCUT2D eigenvalue weighted by Crippen LogP contribution is -2.28. The van der Waals surface area contributed by atoms with E-state index in [9.17, 15) is 4.79 Å². The molecular weight excluding hydrogens is 322 g/mol. The normalized spacial score (nSPS) is 11.3. The molecule has 0 saturated carbocycles. The van der Waals surface area contributed by atoms with Crippen molar-refractivity contribution in [2.45, 2.75) is 52.9 Å². The molecule has 2 aromatic rings. The molecule has 0 aromatic heterocycles. The molecular formula is C23H31NO2. The van der Waals surface area contributed by atoms with Crippen LogP contribution in [0.4, 0.5) is 0 Å². The second-order valence-corrected chi connectivity index (χ2v) is 7.91. The molecule has 0 spiro atoms. The highest BCUT2D eigenvalue weighted by Crippen LogP contribution is 2.22. The summed E-state index contributed by atoms with van der Waals surface area (Å²) in [6, 6.07) is 14.7. The van der Waals surface area contributed by atoms with Crippen molar-refractivity contribution in [3.63, 3.8) is 0 Å². The predicted octanol–water partition coefficient (Wildman–Crippen LogP) is 4.73. The van der Waals surface area contributed by atoms with Crippen molar-refractivity contribution >= 4 is 5.91 Å². The van der Waals surface area contributed by atoms with Crippen LogP contribution >= 0.6 is 0 Å². The van der Waals surface area contributed by atoms with Gasteiger partial charge in [-0.3, -0.25) is 4.79 Å². The van der Waals surface area contributed by atoms with Gasteiger partial charge in [0.15, 0.2) is 0 Å². The fourth-order valence-electron chi connectivity index (χ4n) is 2.83. The molecule has 140 valence electrons. The number of amides is 1. The number of aryl methyl sites for hydroxylation is 3. The van der Waals surface area contributed by atoms with E-state index in [4.69, 9.17) is 4.74 Å². The zero-order valence-corrected chi connectivity index (χ0v) is 16.7. The number of carbonyl (C=O) groups excluding carboxylic acids is 1. The predicted molar refractivity (Wildman–Crippen MR) is 108 cm³/mol. The van der Waals surface area contributed by atoms with Crippen LogP contribution in [0.25, 0.3) is 0 Å². The third-order valence-corrected chi connectivity index (χ3v) is 4.47. The highest BCUT2D eigenvalue weighted by Gasteiger charge is 2.13. The topological polar surface area (TPSA) is 38.3 Å². The molecule has 0 aliphatic heterocycles. The first-order valence-electron chi connectivity index (χ1n) is 9.32. The van der Waals surface area contributed by atoms with E-state index in [-0.39, 0.29) is 11.3 Å². The number of benzene rings is 2. The van der Waals surface area contributed by atoms with E-state index in [1.54, 1.807) is 0 Å². The SMILES string of the molecule is Cc1ccc(OCCNC(=O)CCc2ccc(C(C)(C)C)cc2)c(C)c1. The molecule has 0 aliphatic rings. The van der Waals surface area contributed by atoms with Crippen molar-refractivity contribution in [1.82, 2.24) is 5.32 Å². The molecule has 0 unspecified atom stereocenters. The van der Waals surface area contributed by atoms with Gasteiger partial charge in [-0.25, -0.2) is 0 Å². The van der Waals surface area contributed by atoms with Gasteiger partial charge in [0.05, 0.1) is 6.54 Å². The Morgan fingerprint density at radius 3 is 2.35 bits per heavy atom. The summed E-state index contributed by atoms with van der Waals surface area (Å²) in [6.45, 7) is 11.7. The van der Waals surface area contributed by atoms with Gasteiger partial charge >= 0.3 is 0 Å². The highest BCUT2D eigenvalue weighted by atomic mass is 16.5. The average Bonchev–Trinajstić information content (AvgIpc) is 2.58. The number of nitrogens with one attached hydrogen (secondary N) is 1. The van der Waals surface area contributed by atoms with Crippen molar-refractivity contribution in [3.05, 3.63) is 64.7 Å². The summed E-state index contributed by atoms with van der Waals surface area (Å²) < 4.78 is 5.74. The molecule has 0 atom stereocenters. The summed E-state index contributed by atoms with van der Waals surface area (Å²) in [6.07, 6.45) is 1.26. The van der Waals surface area contributed by atoms with Crippen LogP contribution in [-0.4, -0.2) is 19.1 Å². The highest BCUT2D eigenvalue weighted by molar-refractivity contribution is 5.76. The van der Waals surface area contributed by atoms with Gasteiger partial charge in [-0.2, -0.15) is 0 Å². The summed E-state index contributed by atoms with van der Waals surface area (Å²) in [5.41, 5.74) is 5.01. The van der Waals surface area contributed by atoms with Crippen LogP contribution in [0.15, 0.2) is 42.5 Å². The molecule has 2 aromatic carbocycles. The largest absolute Gasteiger partial charge is 0.491 e. The zero-order chi connectivity index (χ0) is 19.2. The summed E-state index contributed by atoms with van der Waals surface area (Å²) >= 11 is 0. The average molecular weight is 354 g/mol. The number of ether oxygens (including phenoxy) is 1. The van der Waals surface area contributed by atoms with Gasteiger partial charge < -0.3 is 10.1 Å². The summed E-state index contributed by atoms with van der Waals surface area (Å²) in [7, 11) is 0. The van der Waals surface area contributed by atoms with Crippen molar-refractivity contribution in [2.75, 3.05) is 13.2 Å². The molecule has 2 rings (SSSR count). The molecule has 3 heteroatoms. The van der Waals surface area contributed by atoms with Crippen LogP contribution < -0.4 is 10.1 Å². The van der Waals surface area contributed by atoms with Crippen LogP contribution in [-0.2, 0) is 16.6 Å². The first-order chi connectivity index (χ1) is 12.3. The summed E-state index contributed by atoms with van der Waals surface area (Å²) in [5, 5.41) is 2.93.